The minimum atomic E-state index is -0.513. The molecule has 1 aliphatic heterocycles. The van der Waals surface area contributed by atoms with Crippen LogP contribution in [-0.4, -0.2) is 30.9 Å². The summed E-state index contributed by atoms with van der Waals surface area (Å²) in [7, 11) is 0. The Balaban J connectivity index is 2.19. The summed E-state index contributed by atoms with van der Waals surface area (Å²) in [6, 6.07) is 6.63. The molecule has 1 saturated heterocycles. The molecule has 2 rings (SSSR count). The summed E-state index contributed by atoms with van der Waals surface area (Å²) >= 11 is 0. The van der Waals surface area contributed by atoms with Gasteiger partial charge in [-0.1, -0.05) is 6.07 Å². The van der Waals surface area contributed by atoms with Crippen molar-refractivity contribution in [2.75, 3.05) is 24.6 Å². The lowest BCUT2D eigenvalue weighted by molar-refractivity contribution is 0.0762. The summed E-state index contributed by atoms with van der Waals surface area (Å²) in [5.74, 6) is -0.380. The van der Waals surface area contributed by atoms with Crippen LogP contribution in [0.5, 0.6) is 0 Å². The van der Waals surface area contributed by atoms with Crippen molar-refractivity contribution in [1.82, 2.24) is 0 Å². The molecule has 4 nitrogen and oxygen atoms in total. The molecule has 0 bridgehead atoms. The largest absolute Gasteiger partial charge is 0.392 e. The molecule has 0 aliphatic carbocycles. The Morgan fingerprint density at radius 1 is 1.59 bits per heavy atom. The van der Waals surface area contributed by atoms with E-state index in [2.05, 4.69) is 0 Å². The molecule has 1 unspecified atom stereocenters. The highest BCUT2D eigenvalue weighted by molar-refractivity contribution is 5.49. The van der Waals surface area contributed by atoms with Gasteiger partial charge in [-0.25, -0.2) is 4.39 Å². The fourth-order valence-electron chi connectivity index (χ4n) is 1.85. The highest BCUT2D eigenvalue weighted by atomic mass is 19.1. The first-order valence-corrected chi connectivity index (χ1v) is 5.40. The van der Waals surface area contributed by atoms with Gasteiger partial charge in [-0.2, -0.15) is 5.26 Å². The van der Waals surface area contributed by atoms with Gasteiger partial charge in [0.05, 0.1) is 31.5 Å². The standard InChI is InChI=1S/C12H13FN2O2/c13-11-5-9(8-16)1-2-12(11)15-3-4-17-10(6-14)7-15/h1-2,5,10,16H,3-4,7-8H2. The Morgan fingerprint density at radius 3 is 3.06 bits per heavy atom. The predicted molar refractivity (Wildman–Crippen MR) is 59.9 cm³/mol. The number of halogens is 1. The van der Waals surface area contributed by atoms with Gasteiger partial charge in [-0.3, -0.25) is 0 Å². The van der Waals surface area contributed by atoms with Crippen LogP contribution in [-0.2, 0) is 11.3 Å². The minimum absolute atomic E-state index is 0.179. The number of ether oxygens (including phenoxy) is 1. The topological polar surface area (TPSA) is 56.5 Å². The molecule has 1 N–H and O–H groups in total. The van der Waals surface area contributed by atoms with Crippen molar-refractivity contribution < 1.29 is 14.2 Å². The van der Waals surface area contributed by atoms with Crippen molar-refractivity contribution >= 4 is 5.69 Å². The first-order chi connectivity index (χ1) is 8.24. The van der Waals surface area contributed by atoms with Crippen LogP contribution < -0.4 is 4.90 Å². The number of hydrogen-bond acceptors (Lipinski definition) is 4. The number of aliphatic hydroxyl groups is 1. The van der Waals surface area contributed by atoms with Crippen LogP contribution in [0, 0.1) is 17.1 Å². The molecular weight excluding hydrogens is 223 g/mol. The number of nitriles is 1. The monoisotopic (exact) mass is 236 g/mol. The van der Waals surface area contributed by atoms with Crippen molar-refractivity contribution in [3.8, 4) is 6.07 Å². The Bertz CT molecular complexity index is 445. The van der Waals surface area contributed by atoms with Crippen molar-refractivity contribution in [2.24, 2.45) is 0 Å². The third-order valence-corrected chi connectivity index (χ3v) is 2.75. The summed E-state index contributed by atoms with van der Waals surface area (Å²) < 4.78 is 19.0. The van der Waals surface area contributed by atoms with Gasteiger partial charge in [-0.15, -0.1) is 0 Å². The molecule has 1 fully saturated rings. The van der Waals surface area contributed by atoms with Gasteiger partial charge in [0.1, 0.15) is 5.82 Å². The average Bonchev–Trinajstić information content (AvgIpc) is 2.38. The van der Waals surface area contributed by atoms with E-state index < -0.39 is 6.10 Å². The summed E-state index contributed by atoms with van der Waals surface area (Å²) in [6.45, 7) is 1.17. The van der Waals surface area contributed by atoms with Crippen LogP contribution in [0.25, 0.3) is 0 Å². The molecule has 90 valence electrons. The van der Waals surface area contributed by atoms with Crippen molar-refractivity contribution in [3.63, 3.8) is 0 Å². The predicted octanol–water partition coefficient (Wildman–Crippen LogP) is 1.05. The Morgan fingerprint density at radius 2 is 2.41 bits per heavy atom. The molecule has 0 spiro atoms. The smallest absolute Gasteiger partial charge is 0.161 e. The quantitative estimate of drug-likeness (QED) is 0.833. The third kappa shape index (κ3) is 2.54. The van der Waals surface area contributed by atoms with E-state index in [1.165, 1.54) is 6.07 Å². The minimum Gasteiger partial charge on any atom is -0.392 e. The maximum atomic E-state index is 13.8. The van der Waals surface area contributed by atoms with Gasteiger partial charge < -0.3 is 14.7 Å². The van der Waals surface area contributed by atoms with Crippen molar-refractivity contribution in [3.05, 3.63) is 29.6 Å². The number of hydrogen-bond donors (Lipinski definition) is 1. The highest BCUT2D eigenvalue weighted by Gasteiger charge is 2.22. The highest BCUT2D eigenvalue weighted by Crippen LogP contribution is 2.22. The lowest BCUT2D eigenvalue weighted by Crippen LogP contribution is -2.42. The SMILES string of the molecule is N#CC1CN(c2ccc(CO)cc2F)CCO1. The fraction of sp³-hybridized carbons (Fsp3) is 0.417. The maximum absolute atomic E-state index is 13.8. The van der Waals surface area contributed by atoms with Gasteiger partial charge in [-0.05, 0) is 17.7 Å². The molecule has 1 aromatic carbocycles. The zero-order valence-corrected chi connectivity index (χ0v) is 9.27. The number of nitrogens with zero attached hydrogens (tertiary/aromatic N) is 2. The molecule has 1 atom stereocenters. The van der Waals surface area contributed by atoms with Gasteiger partial charge in [0.15, 0.2) is 6.10 Å². The first kappa shape index (κ1) is 11.8. The number of rotatable bonds is 2. The van der Waals surface area contributed by atoms with Crippen LogP contribution in [0.3, 0.4) is 0 Å². The second-order valence-corrected chi connectivity index (χ2v) is 3.88. The van der Waals surface area contributed by atoms with Gasteiger partial charge in [0.25, 0.3) is 0 Å². The molecule has 0 aromatic heterocycles. The van der Waals surface area contributed by atoms with Gasteiger partial charge in [0, 0.05) is 6.54 Å². The molecule has 0 radical (unpaired) electrons. The zero-order chi connectivity index (χ0) is 12.3. The number of benzene rings is 1. The lowest BCUT2D eigenvalue weighted by atomic mass is 10.1. The van der Waals surface area contributed by atoms with E-state index in [-0.39, 0.29) is 12.4 Å². The number of morpholine rings is 1. The fourth-order valence-corrected chi connectivity index (χ4v) is 1.85. The Labute approximate surface area is 98.8 Å². The maximum Gasteiger partial charge on any atom is 0.161 e. The van der Waals surface area contributed by atoms with Crippen molar-refractivity contribution in [2.45, 2.75) is 12.7 Å². The molecule has 17 heavy (non-hydrogen) atoms. The van der Waals surface area contributed by atoms with Crippen LogP contribution >= 0.6 is 0 Å². The van der Waals surface area contributed by atoms with Crippen molar-refractivity contribution in [1.29, 1.82) is 5.26 Å². The molecule has 1 aromatic rings. The Hall–Kier alpha value is -1.64. The van der Waals surface area contributed by atoms with E-state index in [9.17, 15) is 4.39 Å². The third-order valence-electron chi connectivity index (χ3n) is 2.75. The molecule has 0 amide bonds. The second-order valence-electron chi connectivity index (χ2n) is 3.88. The number of anilines is 1. The van der Waals surface area contributed by atoms with E-state index in [0.717, 1.165) is 0 Å². The van der Waals surface area contributed by atoms with E-state index in [4.69, 9.17) is 15.1 Å². The summed E-state index contributed by atoms with van der Waals surface area (Å²) in [4.78, 5) is 1.79. The van der Waals surface area contributed by atoms with E-state index in [1.54, 1.807) is 17.0 Å². The molecule has 1 aliphatic rings. The lowest BCUT2D eigenvalue weighted by Gasteiger charge is -2.31. The molecular formula is C12H13FN2O2. The van der Waals surface area contributed by atoms with Gasteiger partial charge in [0.2, 0.25) is 0 Å². The molecule has 1 heterocycles. The summed E-state index contributed by atoms with van der Waals surface area (Å²) in [5.41, 5.74) is 0.988. The normalized spacial score (nSPS) is 20.1. The van der Waals surface area contributed by atoms with Crippen LogP contribution in [0.4, 0.5) is 10.1 Å². The summed E-state index contributed by atoms with van der Waals surface area (Å²) in [6.07, 6.45) is -0.513. The van der Waals surface area contributed by atoms with Crippen LogP contribution in [0.1, 0.15) is 5.56 Å². The van der Waals surface area contributed by atoms with E-state index in [1.807, 2.05) is 6.07 Å². The second kappa shape index (κ2) is 5.13. The molecule has 5 heteroatoms. The molecule has 0 saturated carbocycles. The summed E-state index contributed by atoms with van der Waals surface area (Å²) in [5, 5.41) is 17.7. The van der Waals surface area contributed by atoms with Crippen LogP contribution in [0.2, 0.25) is 0 Å². The first-order valence-electron chi connectivity index (χ1n) is 5.40. The average molecular weight is 236 g/mol. The zero-order valence-electron chi connectivity index (χ0n) is 9.27. The Kier molecular flexibility index (Phi) is 3.57. The van der Waals surface area contributed by atoms with E-state index in [0.29, 0.717) is 30.9 Å². The van der Waals surface area contributed by atoms with Gasteiger partial charge >= 0.3 is 0 Å². The van der Waals surface area contributed by atoms with Crippen LogP contribution in [0.15, 0.2) is 18.2 Å². The number of aliphatic hydroxyl groups excluding tert-OH is 1. The van der Waals surface area contributed by atoms with E-state index >= 15 is 0 Å².